The van der Waals surface area contributed by atoms with Crippen molar-refractivity contribution in [2.24, 2.45) is 0 Å². The highest BCUT2D eigenvalue weighted by Crippen LogP contribution is 2.38. The van der Waals surface area contributed by atoms with Gasteiger partial charge in [-0.05, 0) is 54.8 Å². The lowest BCUT2D eigenvalue weighted by Crippen LogP contribution is -2.32. The number of hydrogen-bond acceptors (Lipinski definition) is 4. The maximum Gasteiger partial charge on any atom is 0.290 e. The normalized spacial score (nSPS) is 16.6. The molecule has 1 aliphatic heterocycles. The number of aromatic amines is 1. The first-order valence-corrected chi connectivity index (χ1v) is 9.93. The zero-order valence-electron chi connectivity index (χ0n) is 16.6. The Labute approximate surface area is 178 Å². The second kappa shape index (κ2) is 7.88. The van der Waals surface area contributed by atoms with Crippen molar-refractivity contribution in [3.8, 4) is 5.75 Å². The first-order valence-electron chi connectivity index (χ1n) is 9.55. The molecule has 6 nitrogen and oxygen atoms in total. The Bertz CT molecular complexity index is 1160. The molecule has 1 amide bonds. The van der Waals surface area contributed by atoms with Crippen molar-refractivity contribution in [2.75, 3.05) is 13.7 Å². The number of nitrogens with one attached hydrogen (secondary N) is 1. The molecular formula is C23H21ClN2O4. The molecule has 0 unspecified atom stereocenters. The zero-order chi connectivity index (χ0) is 21.4. The summed E-state index contributed by atoms with van der Waals surface area (Å²) in [6.07, 6.45) is 2.45. The number of nitrogens with zero attached hydrogens (tertiary/aromatic N) is 1. The number of rotatable bonds is 6. The predicted octanol–water partition coefficient (Wildman–Crippen LogP) is 4.36. The lowest BCUT2D eigenvalue weighted by atomic mass is 9.96. The molecule has 2 aromatic carbocycles. The molecule has 7 heteroatoms. The van der Waals surface area contributed by atoms with E-state index < -0.39 is 17.7 Å². The van der Waals surface area contributed by atoms with Gasteiger partial charge in [0.1, 0.15) is 5.75 Å². The van der Waals surface area contributed by atoms with Crippen LogP contribution in [0, 0.1) is 0 Å². The van der Waals surface area contributed by atoms with Crippen LogP contribution in [0.5, 0.6) is 5.75 Å². The molecule has 154 valence electrons. The van der Waals surface area contributed by atoms with Crippen LogP contribution in [-0.2, 0) is 16.0 Å². The second-order valence-electron chi connectivity index (χ2n) is 7.25. The predicted molar refractivity (Wildman–Crippen MR) is 115 cm³/mol. The largest absolute Gasteiger partial charge is 0.503 e. The van der Waals surface area contributed by atoms with E-state index in [1.54, 1.807) is 31.4 Å². The van der Waals surface area contributed by atoms with Crippen molar-refractivity contribution in [1.82, 2.24) is 9.88 Å². The molecule has 2 heterocycles. The molecule has 4 rings (SSSR count). The van der Waals surface area contributed by atoms with E-state index in [4.69, 9.17) is 16.3 Å². The number of hydrogen-bond donors (Lipinski definition) is 2. The number of aromatic nitrogens is 1. The Morgan fingerprint density at radius 2 is 1.97 bits per heavy atom. The molecule has 1 aromatic heterocycles. The van der Waals surface area contributed by atoms with Gasteiger partial charge in [-0.3, -0.25) is 9.59 Å². The monoisotopic (exact) mass is 424 g/mol. The number of fused-ring (bicyclic) bond motifs is 1. The summed E-state index contributed by atoms with van der Waals surface area (Å²) >= 11 is 6.00. The van der Waals surface area contributed by atoms with E-state index in [9.17, 15) is 14.7 Å². The third kappa shape index (κ3) is 3.44. The SMILES string of the molecule is COc1ccc2[nH]cc(CCN3C(=O)C(O)=C(C(C)=O)[C@@H]3c3ccc(Cl)cc3)c2c1. The van der Waals surface area contributed by atoms with Crippen molar-refractivity contribution >= 4 is 34.2 Å². The van der Waals surface area contributed by atoms with Crippen LogP contribution in [0.25, 0.3) is 10.9 Å². The number of carbonyl (C=O) groups is 2. The highest BCUT2D eigenvalue weighted by atomic mass is 35.5. The van der Waals surface area contributed by atoms with Crippen molar-refractivity contribution < 1.29 is 19.4 Å². The third-order valence-corrected chi connectivity index (χ3v) is 5.72. The zero-order valence-corrected chi connectivity index (χ0v) is 17.4. The Morgan fingerprint density at radius 1 is 1.23 bits per heavy atom. The molecule has 2 N–H and O–H groups in total. The fourth-order valence-corrected chi connectivity index (χ4v) is 4.09. The number of amides is 1. The van der Waals surface area contributed by atoms with Gasteiger partial charge in [0.05, 0.1) is 18.7 Å². The van der Waals surface area contributed by atoms with Crippen LogP contribution in [0.4, 0.5) is 0 Å². The number of ketones is 1. The Morgan fingerprint density at radius 3 is 2.63 bits per heavy atom. The van der Waals surface area contributed by atoms with Gasteiger partial charge in [0, 0.05) is 28.7 Å². The quantitative estimate of drug-likeness (QED) is 0.616. The summed E-state index contributed by atoms with van der Waals surface area (Å²) in [6, 6.07) is 12.1. The molecular weight excluding hydrogens is 404 g/mol. The number of carbonyl (C=O) groups excluding carboxylic acids is 2. The van der Waals surface area contributed by atoms with E-state index in [0.717, 1.165) is 27.8 Å². The molecule has 3 aromatic rings. The summed E-state index contributed by atoms with van der Waals surface area (Å²) in [7, 11) is 1.62. The first-order chi connectivity index (χ1) is 14.4. The molecule has 0 saturated carbocycles. The average Bonchev–Trinajstić information content (AvgIpc) is 3.25. The van der Waals surface area contributed by atoms with Crippen LogP contribution in [0.2, 0.25) is 5.02 Å². The van der Waals surface area contributed by atoms with Crippen LogP contribution in [-0.4, -0.2) is 40.3 Å². The van der Waals surface area contributed by atoms with Gasteiger partial charge in [-0.15, -0.1) is 0 Å². The average molecular weight is 425 g/mol. The minimum Gasteiger partial charge on any atom is -0.503 e. The number of Topliss-reactive ketones (excluding diaryl/α,β-unsaturated/α-hetero) is 1. The van der Waals surface area contributed by atoms with Crippen molar-refractivity contribution in [2.45, 2.75) is 19.4 Å². The van der Waals surface area contributed by atoms with Gasteiger partial charge in [-0.1, -0.05) is 23.7 Å². The van der Waals surface area contributed by atoms with Crippen molar-refractivity contribution in [1.29, 1.82) is 0 Å². The third-order valence-electron chi connectivity index (χ3n) is 5.47. The molecule has 0 bridgehead atoms. The van der Waals surface area contributed by atoms with E-state index in [2.05, 4.69) is 4.98 Å². The molecule has 0 aliphatic carbocycles. The molecule has 30 heavy (non-hydrogen) atoms. The maximum atomic E-state index is 12.8. The van der Waals surface area contributed by atoms with E-state index in [0.29, 0.717) is 18.0 Å². The topological polar surface area (TPSA) is 82.6 Å². The number of aliphatic hydroxyl groups excluding tert-OH is 1. The standard InChI is InChI=1S/C23H21ClN2O4/c1-13(27)20-21(14-3-5-16(24)6-4-14)26(23(29)22(20)28)10-9-15-12-25-19-8-7-17(30-2)11-18(15)19/h3-8,11-12,21,25,28H,9-10H2,1-2H3/t21-/m0/s1. The smallest absolute Gasteiger partial charge is 0.290 e. The van der Waals surface area contributed by atoms with Crippen LogP contribution < -0.4 is 4.74 Å². The van der Waals surface area contributed by atoms with Gasteiger partial charge in [0.25, 0.3) is 5.91 Å². The molecule has 0 saturated heterocycles. The summed E-state index contributed by atoms with van der Waals surface area (Å²) in [5.41, 5.74) is 2.83. The van der Waals surface area contributed by atoms with Crippen molar-refractivity contribution in [3.63, 3.8) is 0 Å². The Kier molecular flexibility index (Phi) is 5.26. The fraction of sp³-hybridized carbons (Fsp3) is 0.217. The van der Waals surface area contributed by atoms with E-state index in [1.807, 2.05) is 24.4 Å². The lowest BCUT2D eigenvalue weighted by Gasteiger charge is -2.26. The molecule has 0 radical (unpaired) electrons. The van der Waals surface area contributed by atoms with Crippen molar-refractivity contribution in [3.05, 3.63) is 76.1 Å². The maximum absolute atomic E-state index is 12.8. The van der Waals surface area contributed by atoms with Gasteiger partial charge in [0.15, 0.2) is 11.5 Å². The minimum absolute atomic E-state index is 0.114. The number of aliphatic hydroxyl groups is 1. The second-order valence-corrected chi connectivity index (χ2v) is 7.68. The van der Waals surface area contributed by atoms with Gasteiger partial charge in [-0.25, -0.2) is 0 Å². The van der Waals surface area contributed by atoms with Crippen LogP contribution in [0.1, 0.15) is 24.1 Å². The molecule has 1 aliphatic rings. The van der Waals surface area contributed by atoms with Crippen LogP contribution in [0.3, 0.4) is 0 Å². The summed E-state index contributed by atoms with van der Waals surface area (Å²) in [6.45, 7) is 1.69. The van der Waals surface area contributed by atoms with E-state index in [1.165, 1.54) is 11.8 Å². The lowest BCUT2D eigenvalue weighted by molar-refractivity contribution is -0.129. The number of ether oxygens (including phenoxy) is 1. The molecule has 0 fully saturated rings. The van der Waals surface area contributed by atoms with Gasteiger partial charge in [-0.2, -0.15) is 0 Å². The van der Waals surface area contributed by atoms with Gasteiger partial charge in [0.2, 0.25) is 0 Å². The summed E-state index contributed by atoms with van der Waals surface area (Å²) < 4.78 is 5.31. The summed E-state index contributed by atoms with van der Waals surface area (Å²) in [5.74, 6) is -0.612. The first kappa shape index (κ1) is 20.0. The molecule has 0 spiro atoms. The highest BCUT2D eigenvalue weighted by Gasteiger charge is 2.42. The fourth-order valence-electron chi connectivity index (χ4n) is 3.97. The van der Waals surface area contributed by atoms with Gasteiger partial charge < -0.3 is 19.7 Å². The highest BCUT2D eigenvalue weighted by molar-refractivity contribution is 6.30. The minimum atomic E-state index is -0.646. The molecule has 1 atom stereocenters. The number of benzene rings is 2. The number of halogens is 1. The van der Waals surface area contributed by atoms with E-state index in [-0.39, 0.29) is 11.4 Å². The Balaban J connectivity index is 1.66. The van der Waals surface area contributed by atoms with Gasteiger partial charge >= 0.3 is 0 Å². The Hall–Kier alpha value is -3.25. The van der Waals surface area contributed by atoms with Crippen LogP contribution in [0.15, 0.2) is 60.0 Å². The number of methoxy groups -OCH3 is 1. The summed E-state index contributed by atoms with van der Waals surface area (Å²) in [4.78, 5) is 29.8. The number of H-pyrrole nitrogens is 1. The van der Waals surface area contributed by atoms with Crippen LogP contribution >= 0.6 is 11.6 Å². The summed E-state index contributed by atoms with van der Waals surface area (Å²) in [5, 5.41) is 12.0. The van der Waals surface area contributed by atoms with E-state index >= 15 is 0 Å².